The summed E-state index contributed by atoms with van der Waals surface area (Å²) in [6.07, 6.45) is 2.43. The molecule has 0 unspecified atom stereocenters. The zero-order valence-corrected chi connectivity index (χ0v) is 11.4. The van der Waals surface area contributed by atoms with Crippen LogP contribution in [0.3, 0.4) is 0 Å². The van der Waals surface area contributed by atoms with Gasteiger partial charge in [0.1, 0.15) is 0 Å². The number of benzene rings is 1. The second-order valence-corrected chi connectivity index (χ2v) is 4.28. The van der Waals surface area contributed by atoms with Crippen molar-refractivity contribution in [2.45, 2.75) is 6.42 Å². The minimum atomic E-state index is -0.254. The van der Waals surface area contributed by atoms with Gasteiger partial charge >= 0.3 is 0 Å². The lowest BCUT2D eigenvalue weighted by molar-refractivity contribution is 0.0996. The van der Waals surface area contributed by atoms with E-state index >= 15 is 0 Å². The summed E-state index contributed by atoms with van der Waals surface area (Å²) in [6.45, 7) is 1.59. The zero-order chi connectivity index (χ0) is 14.2. The molecule has 0 atom stereocenters. The molecule has 1 aromatic carbocycles. The smallest absolute Gasteiger partial charge is 0.291 e. The quantitative estimate of drug-likeness (QED) is 0.762. The molecular formula is C15H18N2O3. The molecule has 0 bridgehead atoms. The number of furan rings is 1. The van der Waals surface area contributed by atoms with E-state index < -0.39 is 0 Å². The molecule has 0 spiro atoms. The van der Waals surface area contributed by atoms with E-state index in [-0.39, 0.29) is 5.91 Å². The summed E-state index contributed by atoms with van der Waals surface area (Å²) in [5.74, 6) is 0.0440. The van der Waals surface area contributed by atoms with Crippen LogP contribution in [0.1, 0.15) is 17.0 Å². The first-order valence-corrected chi connectivity index (χ1v) is 6.47. The number of nitrogens with one attached hydrogen (secondary N) is 2. The summed E-state index contributed by atoms with van der Waals surface area (Å²) < 4.78 is 10.0. The largest absolute Gasteiger partial charge is 0.459 e. The molecule has 0 aliphatic rings. The number of amides is 1. The average Bonchev–Trinajstić information content (AvgIpc) is 3.00. The third kappa shape index (κ3) is 4.13. The minimum absolute atomic E-state index is 0.254. The van der Waals surface area contributed by atoms with E-state index in [1.165, 1.54) is 6.26 Å². The Bertz CT molecular complexity index is 521. The summed E-state index contributed by atoms with van der Waals surface area (Å²) >= 11 is 0. The van der Waals surface area contributed by atoms with Crippen LogP contribution in [0.2, 0.25) is 0 Å². The Morgan fingerprint density at radius 3 is 2.60 bits per heavy atom. The van der Waals surface area contributed by atoms with Crippen molar-refractivity contribution in [1.29, 1.82) is 0 Å². The molecule has 0 saturated heterocycles. The van der Waals surface area contributed by atoms with Crippen molar-refractivity contribution in [2.75, 3.05) is 30.9 Å². The molecule has 2 aromatic rings. The van der Waals surface area contributed by atoms with Crippen molar-refractivity contribution < 1.29 is 13.9 Å². The van der Waals surface area contributed by atoms with E-state index in [1.54, 1.807) is 19.2 Å². The first-order valence-electron chi connectivity index (χ1n) is 6.47. The van der Waals surface area contributed by atoms with Gasteiger partial charge in [0.15, 0.2) is 5.76 Å². The maximum Gasteiger partial charge on any atom is 0.291 e. The van der Waals surface area contributed by atoms with Gasteiger partial charge < -0.3 is 19.8 Å². The van der Waals surface area contributed by atoms with E-state index in [9.17, 15) is 4.79 Å². The lowest BCUT2D eigenvalue weighted by atomic mass is 10.2. The number of carbonyl (C=O) groups is 1. The number of ether oxygens (including phenoxy) is 1. The minimum Gasteiger partial charge on any atom is -0.459 e. The normalized spacial score (nSPS) is 10.2. The maximum atomic E-state index is 11.8. The monoisotopic (exact) mass is 274 g/mol. The molecule has 0 radical (unpaired) electrons. The fraction of sp³-hybridized carbons (Fsp3) is 0.267. The lowest BCUT2D eigenvalue weighted by Gasteiger charge is -2.07. The second kappa shape index (κ2) is 7.35. The SMILES string of the molecule is COCCCNc1ccc(NC(=O)c2ccco2)cc1. The van der Waals surface area contributed by atoms with E-state index in [0.29, 0.717) is 5.76 Å². The van der Waals surface area contributed by atoms with Crippen LogP contribution in [-0.4, -0.2) is 26.2 Å². The molecule has 1 aromatic heterocycles. The number of hydrogen-bond acceptors (Lipinski definition) is 4. The molecule has 1 amide bonds. The van der Waals surface area contributed by atoms with Gasteiger partial charge in [0.25, 0.3) is 5.91 Å². The highest BCUT2D eigenvalue weighted by atomic mass is 16.5. The molecule has 5 heteroatoms. The molecule has 0 aliphatic carbocycles. The fourth-order valence-electron chi connectivity index (χ4n) is 1.72. The van der Waals surface area contributed by atoms with Crippen LogP contribution in [0.4, 0.5) is 11.4 Å². The third-order valence-corrected chi connectivity index (χ3v) is 2.74. The van der Waals surface area contributed by atoms with Crippen LogP contribution in [0.25, 0.3) is 0 Å². The molecule has 5 nitrogen and oxygen atoms in total. The first kappa shape index (κ1) is 14.1. The van der Waals surface area contributed by atoms with Crippen molar-refractivity contribution in [2.24, 2.45) is 0 Å². The molecule has 106 valence electrons. The molecule has 0 aliphatic heterocycles. The number of hydrogen-bond donors (Lipinski definition) is 2. The standard InChI is InChI=1S/C15H18N2O3/c1-19-10-3-9-16-12-5-7-13(8-6-12)17-15(18)14-4-2-11-20-14/h2,4-8,11,16H,3,9-10H2,1H3,(H,17,18). The third-order valence-electron chi connectivity index (χ3n) is 2.74. The van der Waals surface area contributed by atoms with Crippen LogP contribution in [0, 0.1) is 0 Å². The molecule has 2 N–H and O–H groups in total. The Labute approximate surface area is 117 Å². The van der Waals surface area contributed by atoms with Crippen molar-refractivity contribution in [3.63, 3.8) is 0 Å². The first-order chi connectivity index (χ1) is 9.79. The highest BCUT2D eigenvalue weighted by Gasteiger charge is 2.08. The Hall–Kier alpha value is -2.27. The average molecular weight is 274 g/mol. The summed E-state index contributed by atoms with van der Waals surface area (Å²) in [6, 6.07) is 10.8. The van der Waals surface area contributed by atoms with Gasteiger partial charge in [0.2, 0.25) is 0 Å². The van der Waals surface area contributed by atoms with E-state index in [2.05, 4.69) is 10.6 Å². The predicted octanol–water partition coefficient (Wildman–Crippen LogP) is 2.98. The van der Waals surface area contributed by atoms with Gasteiger partial charge in [-0.15, -0.1) is 0 Å². The van der Waals surface area contributed by atoms with E-state index in [0.717, 1.165) is 30.9 Å². The van der Waals surface area contributed by atoms with Gasteiger partial charge in [-0.25, -0.2) is 0 Å². The number of anilines is 2. The van der Waals surface area contributed by atoms with Crippen LogP contribution < -0.4 is 10.6 Å². The van der Waals surface area contributed by atoms with Gasteiger partial charge in [-0.1, -0.05) is 0 Å². The van der Waals surface area contributed by atoms with Gasteiger partial charge in [-0.3, -0.25) is 4.79 Å². The predicted molar refractivity (Wildman–Crippen MR) is 78.1 cm³/mol. The summed E-state index contributed by atoms with van der Waals surface area (Å²) in [5.41, 5.74) is 1.74. The van der Waals surface area contributed by atoms with Crippen molar-refractivity contribution in [3.8, 4) is 0 Å². The fourth-order valence-corrected chi connectivity index (χ4v) is 1.72. The summed E-state index contributed by atoms with van der Waals surface area (Å²) in [4.78, 5) is 11.8. The summed E-state index contributed by atoms with van der Waals surface area (Å²) in [5, 5.41) is 6.04. The van der Waals surface area contributed by atoms with Crippen molar-refractivity contribution in [1.82, 2.24) is 0 Å². The van der Waals surface area contributed by atoms with Crippen LogP contribution in [0.15, 0.2) is 47.1 Å². The zero-order valence-electron chi connectivity index (χ0n) is 11.4. The van der Waals surface area contributed by atoms with E-state index in [1.807, 2.05) is 24.3 Å². The topological polar surface area (TPSA) is 63.5 Å². The van der Waals surface area contributed by atoms with Crippen molar-refractivity contribution >= 4 is 17.3 Å². The number of rotatable bonds is 7. The molecule has 0 fully saturated rings. The molecule has 20 heavy (non-hydrogen) atoms. The number of carbonyl (C=O) groups excluding carboxylic acids is 1. The highest BCUT2D eigenvalue weighted by molar-refractivity contribution is 6.02. The van der Waals surface area contributed by atoms with Crippen LogP contribution in [-0.2, 0) is 4.74 Å². The molecule has 1 heterocycles. The van der Waals surface area contributed by atoms with Crippen LogP contribution in [0.5, 0.6) is 0 Å². The Morgan fingerprint density at radius 2 is 1.95 bits per heavy atom. The van der Waals surface area contributed by atoms with E-state index in [4.69, 9.17) is 9.15 Å². The van der Waals surface area contributed by atoms with Gasteiger partial charge in [0.05, 0.1) is 6.26 Å². The summed E-state index contributed by atoms with van der Waals surface area (Å²) in [7, 11) is 1.69. The molecule has 0 saturated carbocycles. The highest BCUT2D eigenvalue weighted by Crippen LogP contribution is 2.14. The van der Waals surface area contributed by atoms with Crippen LogP contribution >= 0.6 is 0 Å². The number of methoxy groups -OCH3 is 1. The maximum absolute atomic E-state index is 11.8. The van der Waals surface area contributed by atoms with Gasteiger partial charge in [-0.2, -0.15) is 0 Å². The van der Waals surface area contributed by atoms with Gasteiger partial charge in [0, 0.05) is 31.6 Å². The molecular weight excluding hydrogens is 256 g/mol. The van der Waals surface area contributed by atoms with Gasteiger partial charge in [-0.05, 0) is 42.8 Å². The Kier molecular flexibility index (Phi) is 5.20. The second-order valence-electron chi connectivity index (χ2n) is 4.28. The Morgan fingerprint density at radius 1 is 1.20 bits per heavy atom. The lowest BCUT2D eigenvalue weighted by Crippen LogP contribution is -2.10. The Balaban J connectivity index is 1.83. The molecule has 2 rings (SSSR count). The van der Waals surface area contributed by atoms with Crippen molar-refractivity contribution in [3.05, 3.63) is 48.4 Å².